The van der Waals surface area contributed by atoms with Crippen LogP contribution in [0, 0.1) is 11.6 Å². The molecule has 1 aromatic heterocycles. The van der Waals surface area contributed by atoms with Crippen molar-refractivity contribution in [3.05, 3.63) is 58.9 Å². The summed E-state index contributed by atoms with van der Waals surface area (Å²) in [5, 5.41) is 0. The molecule has 1 heterocycles. The number of anilines is 1. The van der Waals surface area contributed by atoms with E-state index in [1.165, 1.54) is 4.72 Å². The van der Waals surface area contributed by atoms with Crippen LogP contribution in [0.2, 0.25) is 0 Å². The van der Waals surface area contributed by atoms with Gasteiger partial charge in [-0.25, -0.2) is 35.3 Å². The highest BCUT2D eigenvalue weighted by Gasteiger charge is 2.33. The maximum absolute atomic E-state index is 14.1. The second-order valence-electron chi connectivity index (χ2n) is 7.42. The molecular formula is C20H20F5N3O5S2. The van der Waals surface area contributed by atoms with Gasteiger partial charge in [0.05, 0.1) is 16.8 Å². The Hall–Kier alpha value is -3.07. The van der Waals surface area contributed by atoms with Crippen LogP contribution in [0.5, 0.6) is 0 Å². The predicted molar refractivity (Wildman–Crippen MR) is 117 cm³/mol. The summed E-state index contributed by atoms with van der Waals surface area (Å²) in [6.07, 6.45) is -1.87. The molecule has 2 aromatic rings. The van der Waals surface area contributed by atoms with Crippen molar-refractivity contribution in [3.8, 4) is 0 Å². The Morgan fingerprint density at radius 1 is 1.11 bits per heavy atom. The number of carbonyl (C=O) groups excluding carboxylic acids is 1. The van der Waals surface area contributed by atoms with Crippen LogP contribution in [0.4, 0.5) is 27.6 Å². The number of rotatable bonds is 8. The number of sulfonamides is 2. The van der Waals surface area contributed by atoms with Gasteiger partial charge in [0.1, 0.15) is 11.4 Å². The minimum absolute atomic E-state index is 0.0346. The van der Waals surface area contributed by atoms with E-state index >= 15 is 0 Å². The average molecular weight is 542 g/mol. The normalized spacial score (nSPS) is 13.6. The van der Waals surface area contributed by atoms with Crippen molar-refractivity contribution in [3.63, 3.8) is 0 Å². The van der Waals surface area contributed by atoms with Crippen LogP contribution in [0.1, 0.15) is 43.1 Å². The third kappa shape index (κ3) is 7.45. The molecule has 0 fully saturated rings. The first-order valence-corrected chi connectivity index (χ1v) is 13.1. The van der Waals surface area contributed by atoms with E-state index in [0.29, 0.717) is 37.0 Å². The first-order chi connectivity index (χ1) is 15.9. The lowest BCUT2D eigenvalue weighted by Crippen LogP contribution is -2.29. The van der Waals surface area contributed by atoms with Gasteiger partial charge in [-0.3, -0.25) is 9.52 Å². The summed E-state index contributed by atoms with van der Waals surface area (Å²) in [7, 11) is -8.87. The first-order valence-electron chi connectivity index (χ1n) is 9.74. The minimum atomic E-state index is -4.80. The monoisotopic (exact) mass is 541 g/mol. The summed E-state index contributed by atoms with van der Waals surface area (Å²) in [6.45, 7) is 3.34. The molecule has 0 aliphatic carbocycles. The van der Waals surface area contributed by atoms with Crippen molar-refractivity contribution in [2.45, 2.75) is 37.3 Å². The number of halogens is 5. The highest BCUT2D eigenvalue weighted by molar-refractivity contribution is 7.92. The molecule has 15 heteroatoms. The molecule has 0 aliphatic rings. The fraction of sp³-hybridized carbons (Fsp3) is 0.300. The Kier molecular flexibility index (Phi) is 8.27. The van der Waals surface area contributed by atoms with Crippen LogP contribution in [0.15, 0.2) is 35.2 Å². The smallest absolute Gasteiger partial charge is 0.278 e. The molecule has 0 radical (unpaired) electrons. The van der Waals surface area contributed by atoms with Gasteiger partial charge in [0, 0.05) is 6.08 Å². The second-order valence-corrected chi connectivity index (χ2v) is 10.8. The predicted octanol–water partition coefficient (Wildman–Crippen LogP) is 3.78. The molecule has 0 saturated heterocycles. The van der Waals surface area contributed by atoms with Gasteiger partial charge < -0.3 is 0 Å². The van der Waals surface area contributed by atoms with Crippen molar-refractivity contribution in [1.82, 2.24) is 9.71 Å². The number of amides is 1. The van der Waals surface area contributed by atoms with Gasteiger partial charge in [-0.05, 0) is 42.2 Å². The second kappa shape index (κ2) is 10.3. The lowest BCUT2D eigenvalue weighted by molar-refractivity contribution is -0.141. The molecule has 0 aliphatic heterocycles. The van der Waals surface area contributed by atoms with Gasteiger partial charge in [-0.15, -0.1) is 0 Å². The first kappa shape index (κ1) is 28.2. The van der Waals surface area contributed by atoms with E-state index in [2.05, 4.69) is 4.98 Å². The third-order valence-corrected chi connectivity index (χ3v) is 6.49. The van der Waals surface area contributed by atoms with Gasteiger partial charge in [0.25, 0.3) is 15.9 Å². The van der Waals surface area contributed by atoms with Gasteiger partial charge in [0.15, 0.2) is 11.6 Å². The zero-order valence-electron chi connectivity index (χ0n) is 18.4. The van der Waals surface area contributed by atoms with E-state index < -0.39 is 66.0 Å². The summed E-state index contributed by atoms with van der Waals surface area (Å²) < 4.78 is 117. The number of hydrogen-bond acceptors (Lipinski definition) is 6. The Balaban J connectivity index is 2.31. The number of aromatic nitrogens is 1. The molecule has 2 rings (SSSR count). The maximum Gasteiger partial charge on any atom is 0.433 e. The molecule has 8 nitrogen and oxygen atoms in total. The Morgan fingerprint density at radius 2 is 1.69 bits per heavy atom. The third-order valence-electron chi connectivity index (χ3n) is 4.59. The summed E-state index contributed by atoms with van der Waals surface area (Å²) in [6, 6.07) is 2.39. The van der Waals surface area contributed by atoms with E-state index in [4.69, 9.17) is 0 Å². The van der Waals surface area contributed by atoms with E-state index in [1.807, 2.05) is 0 Å². The van der Waals surface area contributed by atoms with Crippen molar-refractivity contribution in [2.24, 2.45) is 0 Å². The van der Waals surface area contributed by atoms with E-state index in [1.54, 1.807) is 18.6 Å². The molecular weight excluding hydrogens is 521 g/mol. The van der Waals surface area contributed by atoms with Crippen molar-refractivity contribution < 1.29 is 43.6 Å². The van der Waals surface area contributed by atoms with Crippen molar-refractivity contribution in [2.75, 3.05) is 11.0 Å². The Bertz CT molecular complexity index is 1350. The van der Waals surface area contributed by atoms with E-state index in [9.17, 15) is 43.6 Å². The van der Waals surface area contributed by atoms with E-state index in [0.717, 1.165) is 12.1 Å². The summed E-state index contributed by atoms with van der Waals surface area (Å²) in [5.41, 5.74) is -2.07. The summed E-state index contributed by atoms with van der Waals surface area (Å²) in [4.78, 5) is 14.8. The van der Waals surface area contributed by atoms with Crippen LogP contribution in [-0.2, 0) is 31.0 Å². The number of nitrogens with one attached hydrogen (secondary N) is 2. The Morgan fingerprint density at radius 3 is 2.17 bits per heavy atom. The molecule has 0 spiro atoms. The van der Waals surface area contributed by atoms with Gasteiger partial charge in [0.2, 0.25) is 10.0 Å². The molecule has 192 valence electrons. The zero-order chi connectivity index (χ0) is 26.8. The van der Waals surface area contributed by atoms with Crippen molar-refractivity contribution in [1.29, 1.82) is 0 Å². The fourth-order valence-corrected chi connectivity index (χ4v) is 4.29. The van der Waals surface area contributed by atoms with Crippen LogP contribution < -0.4 is 9.44 Å². The largest absolute Gasteiger partial charge is 0.433 e. The lowest BCUT2D eigenvalue weighted by Gasteiger charge is -2.15. The topological polar surface area (TPSA) is 122 Å². The van der Waals surface area contributed by atoms with Crippen LogP contribution in [-0.4, -0.2) is 34.0 Å². The quantitative estimate of drug-likeness (QED) is 0.388. The maximum atomic E-state index is 14.1. The standard InChI is InChI=1S/C20H20F5N3O5S2/c1-4-11(2)18-12(5-7-16(26-18)20(23,24)25)6-8-17(29)27-35(32,33)13-9-14(21)19(15(22)10-13)28-34(3,30)31/h5-11,28H,4H2,1-3H3,(H,27,29). The van der Waals surface area contributed by atoms with Gasteiger partial charge in [-0.1, -0.05) is 19.9 Å². The molecule has 0 bridgehead atoms. The number of hydrogen-bond donors (Lipinski definition) is 2. The number of alkyl halides is 3. The number of pyridine rings is 1. The molecule has 35 heavy (non-hydrogen) atoms. The zero-order valence-corrected chi connectivity index (χ0v) is 20.1. The summed E-state index contributed by atoms with van der Waals surface area (Å²) >= 11 is 0. The van der Waals surface area contributed by atoms with Crippen LogP contribution >= 0.6 is 0 Å². The van der Waals surface area contributed by atoms with E-state index in [-0.39, 0.29) is 11.3 Å². The highest BCUT2D eigenvalue weighted by Crippen LogP contribution is 2.31. The SMILES string of the molecule is CCC(C)c1nc(C(F)(F)F)ccc1C=CC(=O)NS(=O)(=O)c1cc(F)c(NS(C)(=O)=O)c(F)c1. The van der Waals surface area contributed by atoms with Crippen LogP contribution in [0.25, 0.3) is 6.08 Å². The number of benzene rings is 1. The van der Waals surface area contributed by atoms with Crippen LogP contribution in [0.3, 0.4) is 0 Å². The van der Waals surface area contributed by atoms with Gasteiger partial charge >= 0.3 is 6.18 Å². The number of nitrogens with zero attached hydrogens (tertiary/aromatic N) is 1. The molecule has 1 aromatic carbocycles. The lowest BCUT2D eigenvalue weighted by atomic mass is 9.98. The molecule has 1 atom stereocenters. The Labute approximate surface area is 198 Å². The minimum Gasteiger partial charge on any atom is -0.278 e. The average Bonchev–Trinajstić information content (AvgIpc) is 2.72. The van der Waals surface area contributed by atoms with Crippen molar-refractivity contribution >= 4 is 37.7 Å². The molecule has 2 N–H and O–H groups in total. The summed E-state index contributed by atoms with van der Waals surface area (Å²) in [5.74, 6) is -4.78. The van der Waals surface area contributed by atoms with Gasteiger partial charge in [-0.2, -0.15) is 13.2 Å². The molecule has 1 amide bonds. The fourth-order valence-electron chi connectivity index (χ4n) is 2.75. The highest BCUT2D eigenvalue weighted by atomic mass is 32.2. The number of carbonyl (C=O) groups is 1. The molecule has 1 unspecified atom stereocenters. The molecule has 0 saturated carbocycles.